The van der Waals surface area contributed by atoms with E-state index in [1.54, 1.807) is 0 Å². The number of carboxylic acid groups (broad SMARTS) is 1. The number of hydrogen-bond donors (Lipinski definition) is 1. The summed E-state index contributed by atoms with van der Waals surface area (Å²) in [7, 11) is 0. The van der Waals surface area contributed by atoms with Crippen molar-refractivity contribution in [2.24, 2.45) is 0 Å². The van der Waals surface area contributed by atoms with Crippen molar-refractivity contribution in [3.8, 4) is 0 Å². The Kier molecular flexibility index (Phi) is 11.8. The molecule has 0 aromatic heterocycles. The van der Waals surface area contributed by atoms with E-state index in [4.69, 9.17) is 5.11 Å². The van der Waals surface area contributed by atoms with Crippen LogP contribution in [0.3, 0.4) is 0 Å². The standard InChI is InChI=1S/C8H8.C4H6O2.K.H/c1-2-8-6-4-3-5-7-8;1-3(2)4(5)6;;/h2-7H,1H2;1H2,2H3,(H,5,6);;. The first-order valence-corrected chi connectivity index (χ1v) is 4.14. The van der Waals surface area contributed by atoms with Crippen molar-refractivity contribution in [3.63, 3.8) is 0 Å². The van der Waals surface area contributed by atoms with E-state index < -0.39 is 5.97 Å². The third-order valence-corrected chi connectivity index (χ3v) is 1.40. The van der Waals surface area contributed by atoms with Gasteiger partial charge in [0.25, 0.3) is 0 Å². The molecular weight excluding hydrogens is 215 g/mol. The number of carbonyl (C=O) groups is 1. The van der Waals surface area contributed by atoms with Gasteiger partial charge in [-0.3, -0.25) is 0 Å². The van der Waals surface area contributed by atoms with Gasteiger partial charge in [-0.1, -0.05) is 49.6 Å². The Labute approximate surface area is 133 Å². The Morgan fingerprint density at radius 3 is 1.93 bits per heavy atom. The van der Waals surface area contributed by atoms with Gasteiger partial charge in [-0.25, -0.2) is 4.79 Å². The zero-order valence-corrected chi connectivity index (χ0v) is 8.23. The SMILES string of the molecule is C=C(C)C(=O)O.C=Cc1ccccc1.[KH]. The molecule has 15 heavy (non-hydrogen) atoms. The summed E-state index contributed by atoms with van der Waals surface area (Å²) in [6.45, 7) is 8.23. The van der Waals surface area contributed by atoms with Crippen LogP contribution in [-0.4, -0.2) is 62.5 Å². The fraction of sp³-hybridized carbons (Fsp3) is 0.0833. The molecule has 76 valence electrons. The van der Waals surface area contributed by atoms with Crippen LogP contribution in [0.25, 0.3) is 6.08 Å². The van der Waals surface area contributed by atoms with E-state index in [1.807, 2.05) is 36.4 Å². The summed E-state index contributed by atoms with van der Waals surface area (Å²) >= 11 is 0. The molecule has 0 amide bonds. The van der Waals surface area contributed by atoms with Crippen LogP contribution in [0.4, 0.5) is 0 Å². The summed E-state index contributed by atoms with van der Waals surface area (Å²) in [5.74, 6) is -0.935. The summed E-state index contributed by atoms with van der Waals surface area (Å²) in [5.41, 5.74) is 1.35. The van der Waals surface area contributed by atoms with E-state index in [1.165, 1.54) is 12.5 Å². The van der Waals surface area contributed by atoms with Gasteiger partial charge < -0.3 is 5.11 Å². The van der Waals surface area contributed by atoms with Crippen LogP contribution < -0.4 is 0 Å². The van der Waals surface area contributed by atoms with Crippen LogP contribution in [0, 0.1) is 0 Å². The van der Waals surface area contributed by atoms with E-state index in [0.29, 0.717) is 0 Å². The Bertz CT molecular complexity index is 306. The number of hydrogen-bond acceptors (Lipinski definition) is 1. The van der Waals surface area contributed by atoms with E-state index in [0.717, 1.165) is 0 Å². The number of rotatable bonds is 2. The molecule has 0 aliphatic rings. The van der Waals surface area contributed by atoms with Crippen molar-refractivity contribution >= 4 is 63.4 Å². The van der Waals surface area contributed by atoms with Crippen LogP contribution in [0.2, 0.25) is 0 Å². The van der Waals surface area contributed by atoms with E-state index >= 15 is 0 Å². The molecule has 0 radical (unpaired) electrons. The molecule has 0 spiro atoms. The summed E-state index contributed by atoms with van der Waals surface area (Å²) in [5, 5.41) is 7.89. The van der Waals surface area contributed by atoms with Gasteiger partial charge in [0, 0.05) is 5.57 Å². The molecule has 1 aromatic carbocycles. The first kappa shape index (κ1) is 17.2. The predicted octanol–water partition coefficient (Wildman–Crippen LogP) is 2.33. The van der Waals surface area contributed by atoms with E-state index in [-0.39, 0.29) is 57.0 Å². The summed E-state index contributed by atoms with van der Waals surface area (Å²) in [6, 6.07) is 10.0. The first-order chi connectivity index (χ1) is 6.57. The van der Waals surface area contributed by atoms with Crippen molar-refractivity contribution in [1.82, 2.24) is 0 Å². The van der Waals surface area contributed by atoms with Gasteiger partial charge in [0.05, 0.1) is 0 Å². The third kappa shape index (κ3) is 10.1. The first-order valence-electron chi connectivity index (χ1n) is 4.14. The predicted molar refractivity (Wildman–Crippen MR) is 66.1 cm³/mol. The van der Waals surface area contributed by atoms with E-state index in [9.17, 15) is 4.79 Å². The summed E-state index contributed by atoms with van der Waals surface area (Å²) < 4.78 is 0. The van der Waals surface area contributed by atoms with Gasteiger partial charge in [0.2, 0.25) is 0 Å². The quantitative estimate of drug-likeness (QED) is 0.625. The second kappa shape index (κ2) is 10.3. The molecule has 2 nitrogen and oxygen atoms in total. The van der Waals surface area contributed by atoms with Crippen molar-refractivity contribution in [2.75, 3.05) is 0 Å². The van der Waals surface area contributed by atoms with Gasteiger partial charge in [-0.15, -0.1) is 0 Å². The molecule has 1 N–H and O–H groups in total. The van der Waals surface area contributed by atoms with E-state index in [2.05, 4.69) is 13.2 Å². The molecule has 3 heteroatoms. The minimum atomic E-state index is -0.935. The Morgan fingerprint density at radius 1 is 1.33 bits per heavy atom. The van der Waals surface area contributed by atoms with Crippen molar-refractivity contribution < 1.29 is 9.90 Å². The molecule has 1 aromatic rings. The topological polar surface area (TPSA) is 37.3 Å². The molecule has 1 rings (SSSR count). The molecule has 0 unspecified atom stereocenters. The van der Waals surface area contributed by atoms with Gasteiger partial charge in [-0.2, -0.15) is 0 Å². The molecule has 0 saturated carbocycles. The zero-order valence-electron chi connectivity index (χ0n) is 8.23. The zero-order chi connectivity index (χ0) is 11.0. The minimum absolute atomic E-state index is 0. The Hall–Kier alpha value is -0.194. The number of carboxylic acids is 1. The van der Waals surface area contributed by atoms with Gasteiger partial charge in [-0.05, 0) is 12.5 Å². The van der Waals surface area contributed by atoms with Crippen LogP contribution in [0.15, 0.2) is 49.1 Å². The van der Waals surface area contributed by atoms with Crippen LogP contribution in [-0.2, 0) is 4.79 Å². The monoisotopic (exact) mass is 230 g/mol. The summed E-state index contributed by atoms with van der Waals surface area (Å²) in [6.07, 6.45) is 1.83. The third-order valence-electron chi connectivity index (χ3n) is 1.40. The molecule has 0 fully saturated rings. The average molecular weight is 230 g/mol. The van der Waals surface area contributed by atoms with Gasteiger partial charge in [0.15, 0.2) is 0 Å². The number of aliphatic carboxylic acids is 1. The maximum absolute atomic E-state index is 9.60. The molecule has 0 atom stereocenters. The second-order valence-electron chi connectivity index (χ2n) is 2.70. The van der Waals surface area contributed by atoms with Gasteiger partial charge in [0.1, 0.15) is 0 Å². The molecular formula is C12H15KO2. The summed E-state index contributed by atoms with van der Waals surface area (Å²) in [4.78, 5) is 9.60. The Morgan fingerprint density at radius 2 is 1.73 bits per heavy atom. The normalized spacial score (nSPS) is 7.53. The fourth-order valence-electron chi connectivity index (χ4n) is 0.589. The van der Waals surface area contributed by atoms with Crippen LogP contribution >= 0.6 is 0 Å². The van der Waals surface area contributed by atoms with Gasteiger partial charge >= 0.3 is 57.4 Å². The van der Waals surface area contributed by atoms with Crippen LogP contribution in [0.5, 0.6) is 0 Å². The second-order valence-corrected chi connectivity index (χ2v) is 2.70. The maximum atomic E-state index is 9.60. The average Bonchev–Trinajstić information content (AvgIpc) is 2.20. The Balaban J connectivity index is 0. The molecule has 0 bridgehead atoms. The molecule has 0 aliphatic carbocycles. The fourth-order valence-corrected chi connectivity index (χ4v) is 0.589. The van der Waals surface area contributed by atoms with Crippen molar-refractivity contribution in [1.29, 1.82) is 0 Å². The molecule has 0 saturated heterocycles. The molecule has 0 aliphatic heterocycles. The van der Waals surface area contributed by atoms with Crippen molar-refractivity contribution in [2.45, 2.75) is 6.92 Å². The van der Waals surface area contributed by atoms with Crippen LogP contribution in [0.1, 0.15) is 12.5 Å². The number of benzene rings is 1. The van der Waals surface area contributed by atoms with Crippen molar-refractivity contribution in [3.05, 3.63) is 54.6 Å². The molecule has 0 heterocycles.